The van der Waals surface area contributed by atoms with E-state index >= 15 is 0 Å². The lowest BCUT2D eigenvalue weighted by Gasteiger charge is -2.41. The molecule has 3 saturated heterocycles. The van der Waals surface area contributed by atoms with Crippen molar-refractivity contribution in [2.75, 3.05) is 51.5 Å². The molecule has 4 heterocycles. The molecule has 15 heteroatoms. The van der Waals surface area contributed by atoms with Crippen LogP contribution in [0.1, 0.15) is 75.8 Å². The number of nitrogen functional groups attached to an aromatic ring is 1. The molecule has 13 nitrogen and oxygen atoms in total. The molecule has 2 aromatic carbocycles. The lowest BCUT2D eigenvalue weighted by molar-refractivity contribution is -0.138. The molecule has 2 atom stereocenters. The lowest BCUT2D eigenvalue weighted by atomic mass is 9.98. The van der Waals surface area contributed by atoms with Gasteiger partial charge in [0.05, 0.1) is 11.4 Å². The average Bonchev–Trinajstić information content (AvgIpc) is 3.61. The topological polar surface area (TPSA) is 175 Å². The molecule has 0 bridgehead atoms. The highest BCUT2D eigenvalue weighted by Crippen LogP contribution is 2.30. The fraction of sp³-hybridized carbons (Fsp3) is 0.550. The fourth-order valence-corrected chi connectivity index (χ4v) is 9.49. The van der Waals surface area contributed by atoms with Gasteiger partial charge in [0.25, 0.3) is 0 Å². The number of urea groups is 1. The van der Waals surface area contributed by atoms with Crippen molar-refractivity contribution >= 4 is 55.4 Å². The number of amides is 4. The summed E-state index contributed by atoms with van der Waals surface area (Å²) in [5.41, 5.74) is 14.8. The standard InChI is InChI=1S/C40H55Br2N9O4/c41-31-23-27(24-32(42)36(31)44)25-34(46-39(54)50-21-14-30(15-22-50)51-26-35(47-40(51)55)28-9-3-1-4-10-28)37(52)45-33(11-5-6-16-43)38(53)49-19-12-29(13-20-49)48-17-7-2-8-18-48/h1,3-4,9-10,23-24,26,29-30,33-34H,2,5-8,11-22,25,43-44H2,(H,45,52)(H,46,54)(H,47,55)/t33-,34-/m0/s1. The number of aromatic amines is 1. The number of carbonyl (C=O) groups is 3. The van der Waals surface area contributed by atoms with Crippen molar-refractivity contribution in [1.29, 1.82) is 0 Å². The summed E-state index contributed by atoms with van der Waals surface area (Å²) >= 11 is 7.02. The van der Waals surface area contributed by atoms with Gasteiger partial charge in [-0.05, 0) is 133 Å². The van der Waals surface area contributed by atoms with Gasteiger partial charge in [0.15, 0.2) is 0 Å². The largest absolute Gasteiger partial charge is 0.397 e. The van der Waals surface area contributed by atoms with E-state index in [9.17, 15) is 19.2 Å². The van der Waals surface area contributed by atoms with Gasteiger partial charge in [-0.25, -0.2) is 9.59 Å². The molecule has 3 aromatic rings. The Balaban J connectivity index is 1.13. The fourth-order valence-electron chi connectivity index (χ4n) is 8.21. The number of unbranched alkanes of at least 4 members (excludes halogenated alkanes) is 1. The van der Waals surface area contributed by atoms with Crippen molar-refractivity contribution in [1.82, 2.24) is 34.9 Å². The molecule has 4 amide bonds. The second-order valence-corrected chi connectivity index (χ2v) is 16.9. The lowest BCUT2D eigenvalue weighted by Crippen LogP contribution is -2.58. The number of hydrogen-bond donors (Lipinski definition) is 5. The van der Waals surface area contributed by atoms with Gasteiger partial charge in [0.2, 0.25) is 11.8 Å². The molecule has 0 saturated carbocycles. The van der Waals surface area contributed by atoms with Crippen LogP contribution in [0.5, 0.6) is 0 Å². The predicted octanol–water partition coefficient (Wildman–Crippen LogP) is 5.00. The summed E-state index contributed by atoms with van der Waals surface area (Å²) in [5, 5.41) is 6.06. The molecule has 298 valence electrons. The van der Waals surface area contributed by atoms with Crippen LogP contribution in [0, 0.1) is 0 Å². The van der Waals surface area contributed by atoms with Crippen LogP contribution in [0.2, 0.25) is 0 Å². The van der Waals surface area contributed by atoms with Crippen molar-refractivity contribution in [3.63, 3.8) is 0 Å². The first kappa shape index (κ1) is 41.0. The predicted molar refractivity (Wildman–Crippen MR) is 222 cm³/mol. The Morgan fingerprint density at radius 1 is 0.818 bits per heavy atom. The minimum Gasteiger partial charge on any atom is -0.397 e. The summed E-state index contributed by atoms with van der Waals surface area (Å²) < 4.78 is 3.06. The Bertz CT molecular complexity index is 1790. The maximum Gasteiger partial charge on any atom is 0.326 e. The number of halogens is 2. The second kappa shape index (κ2) is 19.5. The van der Waals surface area contributed by atoms with Gasteiger partial charge in [-0.1, -0.05) is 36.8 Å². The molecule has 55 heavy (non-hydrogen) atoms. The normalized spacial score (nSPS) is 18.5. The van der Waals surface area contributed by atoms with Gasteiger partial charge >= 0.3 is 11.7 Å². The van der Waals surface area contributed by atoms with Crippen molar-refractivity contribution in [3.8, 4) is 11.3 Å². The quantitative estimate of drug-likeness (QED) is 0.119. The van der Waals surface area contributed by atoms with E-state index in [0.717, 1.165) is 49.2 Å². The first-order valence-electron chi connectivity index (χ1n) is 19.8. The molecule has 1 aromatic heterocycles. The number of nitrogens with zero attached hydrogens (tertiary/aromatic N) is 4. The zero-order valence-electron chi connectivity index (χ0n) is 31.5. The summed E-state index contributed by atoms with van der Waals surface area (Å²) in [6.07, 6.45) is 10.7. The van der Waals surface area contributed by atoms with Crippen LogP contribution >= 0.6 is 31.9 Å². The molecule has 0 spiro atoms. The van der Waals surface area contributed by atoms with Crippen LogP contribution in [0.25, 0.3) is 11.3 Å². The minimum absolute atomic E-state index is 0.0703. The van der Waals surface area contributed by atoms with Gasteiger partial charge in [-0.3, -0.25) is 14.2 Å². The maximum absolute atomic E-state index is 14.2. The van der Waals surface area contributed by atoms with E-state index in [-0.39, 0.29) is 30.1 Å². The highest BCUT2D eigenvalue weighted by Gasteiger charge is 2.34. The van der Waals surface area contributed by atoms with Crippen LogP contribution in [-0.4, -0.2) is 106 Å². The maximum atomic E-state index is 14.2. The number of anilines is 1. The minimum atomic E-state index is -0.969. The molecule has 3 fully saturated rings. The van der Waals surface area contributed by atoms with Crippen LogP contribution in [0.15, 0.2) is 62.4 Å². The zero-order valence-corrected chi connectivity index (χ0v) is 34.7. The van der Waals surface area contributed by atoms with Crippen molar-refractivity contribution in [2.45, 2.75) is 94.8 Å². The monoisotopic (exact) mass is 883 g/mol. The van der Waals surface area contributed by atoms with Crippen LogP contribution in [0.3, 0.4) is 0 Å². The number of rotatable bonds is 13. The van der Waals surface area contributed by atoms with Crippen LogP contribution < -0.4 is 27.8 Å². The van der Waals surface area contributed by atoms with Gasteiger partial charge in [-0.15, -0.1) is 0 Å². The van der Waals surface area contributed by atoms with E-state index in [1.165, 1.54) is 19.3 Å². The Morgan fingerprint density at radius 2 is 1.45 bits per heavy atom. The molecular weight excluding hydrogens is 830 g/mol. The summed E-state index contributed by atoms with van der Waals surface area (Å²) in [6.45, 7) is 4.91. The number of nitrogens with two attached hydrogens (primary N) is 2. The second-order valence-electron chi connectivity index (χ2n) is 15.1. The SMILES string of the molecule is NCCCC[C@H](NC(=O)[C@H](Cc1cc(Br)c(N)c(Br)c1)NC(=O)N1CCC(n2cc(-c3ccccc3)[nH]c2=O)CC1)C(=O)N1CCC(N2CCCCC2)CC1. The van der Waals surface area contributed by atoms with E-state index in [1.807, 2.05) is 53.6 Å². The Kier molecular flexibility index (Phi) is 14.5. The molecular formula is C40H55Br2N9O4. The number of carbonyl (C=O) groups excluding carboxylic acids is 3. The number of benzene rings is 2. The van der Waals surface area contributed by atoms with E-state index in [4.69, 9.17) is 11.5 Å². The van der Waals surface area contributed by atoms with Gasteiger partial charge in [0.1, 0.15) is 12.1 Å². The molecule has 0 radical (unpaired) electrons. The Hall–Kier alpha value is -3.66. The summed E-state index contributed by atoms with van der Waals surface area (Å²) in [6, 6.07) is 11.7. The third kappa shape index (κ3) is 10.6. The third-order valence-corrected chi connectivity index (χ3v) is 12.7. The molecule has 3 aliphatic heterocycles. The molecule has 6 rings (SSSR count). The van der Waals surface area contributed by atoms with E-state index < -0.39 is 18.0 Å². The summed E-state index contributed by atoms with van der Waals surface area (Å²) in [7, 11) is 0. The van der Waals surface area contributed by atoms with Gasteiger partial charge in [-0.2, -0.15) is 0 Å². The number of imidazole rings is 1. The first-order valence-corrected chi connectivity index (χ1v) is 21.4. The molecule has 0 aliphatic carbocycles. The number of hydrogen-bond acceptors (Lipinski definition) is 7. The smallest absolute Gasteiger partial charge is 0.326 e. The number of H-pyrrole nitrogens is 1. The summed E-state index contributed by atoms with van der Waals surface area (Å²) in [4.78, 5) is 64.2. The zero-order chi connectivity index (χ0) is 38.9. The van der Waals surface area contributed by atoms with E-state index in [0.29, 0.717) is 79.1 Å². The number of aromatic nitrogens is 2. The molecule has 7 N–H and O–H groups in total. The Morgan fingerprint density at radius 3 is 2.11 bits per heavy atom. The highest BCUT2D eigenvalue weighted by atomic mass is 79.9. The molecule has 0 unspecified atom stereocenters. The van der Waals surface area contributed by atoms with Crippen LogP contribution in [-0.2, 0) is 16.0 Å². The number of nitrogens with one attached hydrogen (secondary N) is 3. The van der Waals surface area contributed by atoms with Crippen molar-refractivity contribution < 1.29 is 14.4 Å². The third-order valence-electron chi connectivity index (χ3n) is 11.4. The molecule has 3 aliphatic rings. The van der Waals surface area contributed by atoms with Gasteiger partial charge < -0.3 is 41.8 Å². The average molecular weight is 886 g/mol. The van der Waals surface area contributed by atoms with Crippen molar-refractivity contribution in [2.24, 2.45) is 5.73 Å². The van der Waals surface area contributed by atoms with Gasteiger partial charge in [0, 0.05) is 59.8 Å². The van der Waals surface area contributed by atoms with E-state index in [2.05, 4.69) is 52.4 Å². The Labute approximate surface area is 340 Å². The number of piperidine rings is 3. The van der Waals surface area contributed by atoms with Crippen LogP contribution in [0.4, 0.5) is 10.5 Å². The summed E-state index contributed by atoms with van der Waals surface area (Å²) in [5.74, 6) is -0.503. The number of likely N-dealkylation sites (tertiary alicyclic amines) is 3. The first-order chi connectivity index (χ1) is 26.6. The van der Waals surface area contributed by atoms with E-state index in [1.54, 1.807) is 9.47 Å². The van der Waals surface area contributed by atoms with Crippen molar-refractivity contribution in [3.05, 3.63) is 73.7 Å². The highest BCUT2D eigenvalue weighted by molar-refractivity contribution is 9.11.